The van der Waals surface area contributed by atoms with Crippen molar-refractivity contribution in [3.8, 4) is 11.8 Å². The fourth-order valence-corrected chi connectivity index (χ4v) is 2.12. The minimum Gasteiger partial charge on any atom is -0.384 e. The van der Waals surface area contributed by atoms with E-state index in [9.17, 15) is 4.79 Å². The SMILES string of the molecule is Cc1nnsc1C(=O)NCc1ccc(C#CCO)cc1. The molecule has 5 nitrogen and oxygen atoms in total. The van der Waals surface area contributed by atoms with Gasteiger partial charge in [-0.1, -0.05) is 28.5 Å². The van der Waals surface area contributed by atoms with Crippen LogP contribution in [0.15, 0.2) is 24.3 Å². The number of nitrogens with zero attached hydrogens (tertiary/aromatic N) is 2. The van der Waals surface area contributed by atoms with E-state index in [1.54, 1.807) is 6.92 Å². The summed E-state index contributed by atoms with van der Waals surface area (Å²) in [4.78, 5) is 12.4. The minimum atomic E-state index is -0.165. The number of aliphatic hydroxyl groups excluding tert-OH is 1. The Balaban J connectivity index is 1.94. The number of amides is 1. The summed E-state index contributed by atoms with van der Waals surface area (Å²) < 4.78 is 3.73. The van der Waals surface area contributed by atoms with Crippen LogP contribution in [-0.4, -0.2) is 27.2 Å². The molecule has 2 N–H and O–H groups in total. The second-order valence-electron chi connectivity index (χ2n) is 4.03. The van der Waals surface area contributed by atoms with Crippen molar-refractivity contribution in [3.63, 3.8) is 0 Å². The third-order valence-electron chi connectivity index (χ3n) is 2.58. The monoisotopic (exact) mass is 287 g/mol. The summed E-state index contributed by atoms with van der Waals surface area (Å²) in [5.74, 6) is 5.23. The van der Waals surface area contributed by atoms with Crippen LogP contribution >= 0.6 is 11.5 Å². The van der Waals surface area contributed by atoms with Gasteiger partial charge in [-0.05, 0) is 36.2 Å². The lowest BCUT2D eigenvalue weighted by molar-refractivity contribution is 0.0954. The summed E-state index contributed by atoms with van der Waals surface area (Å²) >= 11 is 1.09. The third kappa shape index (κ3) is 3.63. The van der Waals surface area contributed by atoms with Crippen LogP contribution in [0.5, 0.6) is 0 Å². The van der Waals surface area contributed by atoms with Gasteiger partial charge >= 0.3 is 0 Å². The Morgan fingerprint density at radius 1 is 1.40 bits per heavy atom. The lowest BCUT2D eigenvalue weighted by Gasteiger charge is -2.04. The molecule has 6 heteroatoms. The van der Waals surface area contributed by atoms with Crippen molar-refractivity contribution in [1.29, 1.82) is 0 Å². The Morgan fingerprint density at radius 3 is 2.75 bits per heavy atom. The molecule has 0 aliphatic carbocycles. The zero-order valence-electron chi connectivity index (χ0n) is 10.9. The highest BCUT2D eigenvalue weighted by atomic mass is 32.1. The van der Waals surface area contributed by atoms with Gasteiger partial charge in [-0.15, -0.1) is 5.10 Å². The first-order valence-electron chi connectivity index (χ1n) is 5.96. The van der Waals surface area contributed by atoms with Crippen molar-refractivity contribution in [2.45, 2.75) is 13.5 Å². The molecule has 0 saturated heterocycles. The van der Waals surface area contributed by atoms with Crippen LogP contribution in [0.25, 0.3) is 0 Å². The van der Waals surface area contributed by atoms with Gasteiger partial charge < -0.3 is 10.4 Å². The molecule has 1 amide bonds. The largest absolute Gasteiger partial charge is 0.384 e. The lowest BCUT2D eigenvalue weighted by Crippen LogP contribution is -2.22. The molecule has 1 heterocycles. The minimum absolute atomic E-state index is 0.153. The Labute approximate surface area is 120 Å². The molecule has 20 heavy (non-hydrogen) atoms. The van der Waals surface area contributed by atoms with E-state index >= 15 is 0 Å². The van der Waals surface area contributed by atoms with Crippen molar-refractivity contribution in [2.75, 3.05) is 6.61 Å². The molecule has 0 saturated carbocycles. The number of carbonyl (C=O) groups excluding carboxylic acids is 1. The number of aryl methyl sites for hydroxylation is 1. The van der Waals surface area contributed by atoms with E-state index < -0.39 is 0 Å². The first-order valence-corrected chi connectivity index (χ1v) is 6.74. The molecular formula is C14H13N3O2S. The van der Waals surface area contributed by atoms with Crippen LogP contribution in [0.3, 0.4) is 0 Å². The molecule has 2 rings (SSSR count). The highest BCUT2D eigenvalue weighted by Gasteiger charge is 2.12. The number of hydrogen-bond donors (Lipinski definition) is 2. The Bertz CT molecular complexity index is 653. The zero-order valence-corrected chi connectivity index (χ0v) is 11.7. The van der Waals surface area contributed by atoms with Crippen molar-refractivity contribution in [2.24, 2.45) is 0 Å². The van der Waals surface area contributed by atoms with Gasteiger partial charge in [0.1, 0.15) is 11.5 Å². The van der Waals surface area contributed by atoms with Gasteiger partial charge in [0.2, 0.25) is 0 Å². The topological polar surface area (TPSA) is 75.1 Å². The van der Waals surface area contributed by atoms with Gasteiger partial charge in [0, 0.05) is 12.1 Å². The van der Waals surface area contributed by atoms with E-state index in [-0.39, 0.29) is 12.5 Å². The van der Waals surface area contributed by atoms with Crippen LogP contribution in [0.2, 0.25) is 0 Å². The Hall–Kier alpha value is -2.23. The second kappa shape index (κ2) is 6.80. The number of hydrogen-bond acceptors (Lipinski definition) is 5. The first kappa shape index (κ1) is 14.2. The number of aliphatic hydroxyl groups is 1. The smallest absolute Gasteiger partial charge is 0.265 e. The molecule has 102 valence electrons. The van der Waals surface area contributed by atoms with Crippen molar-refractivity contribution < 1.29 is 9.90 Å². The van der Waals surface area contributed by atoms with Crippen LogP contribution in [0, 0.1) is 18.8 Å². The molecule has 1 aromatic carbocycles. The maximum Gasteiger partial charge on any atom is 0.265 e. The number of benzene rings is 1. The lowest BCUT2D eigenvalue weighted by atomic mass is 10.1. The quantitative estimate of drug-likeness (QED) is 0.830. The molecule has 1 aromatic heterocycles. The standard InChI is InChI=1S/C14H13N3O2S/c1-10-13(20-17-16-10)14(19)15-9-12-6-4-11(5-7-12)3-2-8-18/h4-7,18H,8-9H2,1H3,(H,15,19). The molecule has 0 radical (unpaired) electrons. The fourth-order valence-electron chi connectivity index (χ4n) is 1.55. The van der Waals surface area contributed by atoms with E-state index in [2.05, 4.69) is 26.7 Å². The molecule has 0 bridgehead atoms. The van der Waals surface area contributed by atoms with E-state index in [0.29, 0.717) is 17.1 Å². The molecule has 0 aliphatic rings. The highest BCUT2D eigenvalue weighted by molar-refractivity contribution is 7.07. The first-order chi connectivity index (χ1) is 9.70. The second-order valence-corrected chi connectivity index (χ2v) is 4.78. The van der Waals surface area contributed by atoms with Crippen LogP contribution < -0.4 is 5.32 Å². The molecule has 0 aliphatic heterocycles. The van der Waals surface area contributed by atoms with Crippen LogP contribution in [0.4, 0.5) is 0 Å². The predicted octanol–water partition coefficient (Wildman–Crippen LogP) is 1.12. The molecule has 0 spiro atoms. The van der Waals surface area contributed by atoms with Crippen LogP contribution in [-0.2, 0) is 6.54 Å². The number of aromatic nitrogens is 2. The van der Waals surface area contributed by atoms with Gasteiger partial charge in [0.25, 0.3) is 5.91 Å². The summed E-state index contributed by atoms with van der Waals surface area (Å²) in [5, 5.41) is 15.2. The van der Waals surface area contributed by atoms with Crippen molar-refractivity contribution in [1.82, 2.24) is 14.9 Å². The fraction of sp³-hybridized carbons (Fsp3) is 0.214. The normalized spacial score (nSPS) is 9.70. The van der Waals surface area contributed by atoms with E-state index in [0.717, 1.165) is 22.7 Å². The van der Waals surface area contributed by atoms with Crippen molar-refractivity contribution >= 4 is 17.4 Å². The predicted molar refractivity (Wildman–Crippen MR) is 76.2 cm³/mol. The maximum atomic E-state index is 11.9. The van der Waals surface area contributed by atoms with Gasteiger partial charge in [-0.2, -0.15) is 0 Å². The molecule has 0 unspecified atom stereocenters. The van der Waals surface area contributed by atoms with Gasteiger partial charge in [0.05, 0.1) is 5.69 Å². The summed E-state index contributed by atoms with van der Waals surface area (Å²) in [6.07, 6.45) is 0. The molecule has 0 fully saturated rings. The maximum absolute atomic E-state index is 11.9. The van der Waals surface area contributed by atoms with Crippen LogP contribution in [0.1, 0.15) is 26.5 Å². The molecule has 0 atom stereocenters. The van der Waals surface area contributed by atoms with Crippen molar-refractivity contribution in [3.05, 3.63) is 46.0 Å². The summed E-state index contributed by atoms with van der Waals surface area (Å²) in [6, 6.07) is 7.48. The zero-order chi connectivity index (χ0) is 14.4. The Kier molecular flexibility index (Phi) is 4.82. The number of nitrogens with one attached hydrogen (secondary N) is 1. The van der Waals surface area contributed by atoms with E-state index in [4.69, 9.17) is 5.11 Å². The third-order valence-corrected chi connectivity index (χ3v) is 3.40. The van der Waals surface area contributed by atoms with Gasteiger partial charge in [-0.3, -0.25) is 4.79 Å². The van der Waals surface area contributed by atoms with Gasteiger partial charge in [0.15, 0.2) is 0 Å². The summed E-state index contributed by atoms with van der Waals surface area (Å²) in [6.45, 7) is 2.04. The average molecular weight is 287 g/mol. The molecular weight excluding hydrogens is 274 g/mol. The van der Waals surface area contributed by atoms with E-state index in [1.165, 1.54) is 0 Å². The highest BCUT2D eigenvalue weighted by Crippen LogP contribution is 2.09. The van der Waals surface area contributed by atoms with Gasteiger partial charge in [-0.25, -0.2) is 0 Å². The number of rotatable bonds is 3. The Morgan fingerprint density at radius 2 is 2.15 bits per heavy atom. The average Bonchev–Trinajstić information content (AvgIpc) is 2.90. The molecule has 2 aromatic rings. The summed E-state index contributed by atoms with van der Waals surface area (Å²) in [5.41, 5.74) is 2.45. The summed E-state index contributed by atoms with van der Waals surface area (Å²) in [7, 11) is 0. The van der Waals surface area contributed by atoms with E-state index in [1.807, 2.05) is 24.3 Å². The number of carbonyl (C=O) groups is 1.